The highest BCUT2D eigenvalue weighted by Crippen LogP contribution is 2.42. The van der Waals surface area contributed by atoms with Crippen molar-refractivity contribution >= 4 is 0 Å². The number of piperidine rings is 1. The second kappa shape index (κ2) is 9.02. The molecule has 0 aromatic heterocycles. The minimum Gasteiger partial charge on any atom is -0.493 e. The zero-order chi connectivity index (χ0) is 17.5. The van der Waals surface area contributed by atoms with Gasteiger partial charge in [0.15, 0.2) is 0 Å². The lowest BCUT2D eigenvalue weighted by atomic mass is 9.74. The van der Waals surface area contributed by atoms with Crippen LogP contribution in [0.25, 0.3) is 0 Å². The fourth-order valence-electron chi connectivity index (χ4n) is 3.90. The molecule has 2 atom stereocenters. The molecular weight excluding hydrogens is 314 g/mol. The van der Waals surface area contributed by atoms with Crippen LogP contribution in [0.3, 0.4) is 0 Å². The molecule has 1 aromatic carbocycles. The number of ether oxygens (including phenoxy) is 2. The van der Waals surface area contributed by atoms with E-state index < -0.39 is 5.60 Å². The highest BCUT2D eigenvalue weighted by Gasteiger charge is 2.40. The van der Waals surface area contributed by atoms with Crippen molar-refractivity contribution in [2.75, 3.05) is 33.4 Å². The van der Waals surface area contributed by atoms with Crippen LogP contribution >= 0.6 is 0 Å². The van der Waals surface area contributed by atoms with Gasteiger partial charge in [0.2, 0.25) is 0 Å². The van der Waals surface area contributed by atoms with E-state index >= 15 is 0 Å². The number of nitrogens with one attached hydrogen (secondary N) is 1. The highest BCUT2D eigenvalue weighted by atomic mass is 16.5. The molecule has 1 aliphatic heterocycles. The first-order valence-electron chi connectivity index (χ1n) is 9.88. The molecule has 0 bridgehead atoms. The molecule has 1 saturated heterocycles. The van der Waals surface area contributed by atoms with E-state index in [9.17, 15) is 5.11 Å². The predicted octanol–water partition coefficient (Wildman–Crippen LogP) is 3.48. The molecule has 3 rings (SSSR count). The van der Waals surface area contributed by atoms with Crippen molar-refractivity contribution in [3.63, 3.8) is 0 Å². The summed E-state index contributed by atoms with van der Waals surface area (Å²) < 4.78 is 11.3. The maximum absolute atomic E-state index is 11.8. The Balaban J connectivity index is 1.79. The summed E-state index contributed by atoms with van der Waals surface area (Å²) >= 11 is 0. The minimum atomic E-state index is -0.832. The molecule has 0 spiro atoms. The van der Waals surface area contributed by atoms with Gasteiger partial charge in [-0.1, -0.05) is 18.2 Å². The average molecular weight is 347 g/mol. The van der Waals surface area contributed by atoms with Crippen LogP contribution < -0.4 is 10.1 Å². The van der Waals surface area contributed by atoms with E-state index in [1.165, 1.54) is 12.8 Å². The quantitative estimate of drug-likeness (QED) is 0.636. The SMILES string of the molecule is COCCCC[C@@](O)(c1ccccc1OCC1CC1)[C@@H]1CCCNC1. The van der Waals surface area contributed by atoms with E-state index in [1.807, 2.05) is 18.2 Å². The van der Waals surface area contributed by atoms with Crippen molar-refractivity contribution in [2.24, 2.45) is 11.8 Å². The summed E-state index contributed by atoms with van der Waals surface area (Å²) in [7, 11) is 1.73. The second-order valence-electron chi connectivity index (χ2n) is 7.67. The topological polar surface area (TPSA) is 50.7 Å². The molecule has 1 aromatic rings. The first-order chi connectivity index (χ1) is 12.2. The van der Waals surface area contributed by atoms with Gasteiger partial charge in [0, 0.05) is 31.7 Å². The third-order valence-electron chi connectivity index (χ3n) is 5.65. The molecule has 1 saturated carbocycles. The Morgan fingerprint density at radius 3 is 2.76 bits per heavy atom. The molecule has 2 N–H and O–H groups in total. The van der Waals surface area contributed by atoms with E-state index in [0.29, 0.717) is 5.92 Å². The van der Waals surface area contributed by atoms with Gasteiger partial charge in [-0.25, -0.2) is 0 Å². The minimum absolute atomic E-state index is 0.231. The highest BCUT2D eigenvalue weighted by molar-refractivity contribution is 5.39. The van der Waals surface area contributed by atoms with Crippen molar-refractivity contribution < 1.29 is 14.6 Å². The molecule has 4 heteroatoms. The second-order valence-corrected chi connectivity index (χ2v) is 7.67. The van der Waals surface area contributed by atoms with E-state index in [0.717, 1.165) is 69.7 Å². The van der Waals surface area contributed by atoms with Gasteiger partial charge < -0.3 is 19.9 Å². The van der Waals surface area contributed by atoms with Crippen LogP contribution in [0.5, 0.6) is 5.75 Å². The summed E-state index contributed by atoms with van der Waals surface area (Å²) in [5, 5.41) is 15.3. The van der Waals surface area contributed by atoms with Gasteiger partial charge in [-0.15, -0.1) is 0 Å². The Bertz CT molecular complexity index is 526. The molecule has 1 heterocycles. The number of methoxy groups -OCH3 is 1. The monoisotopic (exact) mass is 347 g/mol. The maximum atomic E-state index is 11.8. The smallest absolute Gasteiger partial charge is 0.125 e. The number of hydrogen-bond donors (Lipinski definition) is 2. The zero-order valence-corrected chi connectivity index (χ0v) is 15.5. The first kappa shape index (κ1) is 18.7. The molecule has 25 heavy (non-hydrogen) atoms. The predicted molar refractivity (Wildman–Crippen MR) is 99.9 cm³/mol. The van der Waals surface area contributed by atoms with Gasteiger partial charge in [-0.2, -0.15) is 0 Å². The van der Waals surface area contributed by atoms with Crippen molar-refractivity contribution in [1.29, 1.82) is 0 Å². The standard InChI is InChI=1S/C21H33NO3/c1-24-14-5-4-12-21(23,18-7-6-13-22-15-18)19-8-2-3-9-20(19)25-16-17-10-11-17/h2-3,8-9,17-18,22-23H,4-7,10-16H2,1H3/t18-,21+/m1/s1. The molecule has 1 aliphatic carbocycles. The van der Waals surface area contributed by atoms with Crippen LogP contribution in [0.4, 0.5) is 0 Å². The Morgan fingerprint density at radius 1 is 1.20 bits per heavy atom. The van der Waals surface area contributed by atoms with Crippen molar-refractivity contribution in [3.05, 3.63) is 29.8 Å². The number of benzene rings is 1. The van der Waals surface area contributed by atoms with Gasteiger partial charge >= 0.3 is 0 Å². The van der Waals surface area contributed by atoms with Gasteiger partial charge in [-0.05, 0) is 63.5 Å². The van der Waals surface area contributed by atoms with Crippen LogP contribution in [-0.4, -0.2) is 38.5 Å². The van der Waals surface area contributed by atoms with E-state index in [-0.39, 0.29) is 5.92 Å². The van der Waals surface area contributed by atoms with Crippen LogP contribution in [-0.2, 0) is 10.3 Å². The van der Waals surface area contributed by atoms with E-state index in [2.05, 4.69) is 11.4 Å². The zero-order valence-electron chi connectivity index (χ0n) is 15.5. The largest absolute Gasteiger partial charge is 0.493 e. The van der Waals surface area contributed by atoms with Crippen molar-refractivity contribution in [1.82, 2.24) is 5.32 Å². The summed E-state index contributed by atoms with van der Waals surface area (Å²) in [6.07, 6.45) is 7.42. The third kappa shape index (κ3) is 4.96. The summed E-state index contributed by atoms with van der Waals surface area (Å²) in [5.41, 5.74) is 0.142. The molecule has 0 unspecified atom stereocenters. The summed E-state index contributed by atoms with van der Waals surface area (Å²) in [6, 6.07) is 8.12. The van der Waals surface area contributed by atoms with Gasteiger partial charge in [0.1, 0.15) is 5.75 Å². The lowest BCUT2D eigenvalue weighted by Gasteiger charge is -2.40. The van der Waals surface area contributed by atoms with Crippen LogP contribution in [0.2, 0.25) is 0 Å². The summed E-state index contributed by atoms with van der Waals surface area (Å²) in [4.78, 5) is 0. The Morgan fingerprint density at radius 2 is 2.04 bits per heavy atom. The molecule has 0 amide bonds. The molecular formula is C21H33NO3. The summed E-state index contributed by atoms with van der Waals surface area (Å²) in [5.74, 6) is 1.81. The Labute approximate surface area is 151 Å². The van der Waals surface area contributed by atoms with Gasteiger partial charge in [0.25, 0.3) is 0 Å². The molecule has 0 radical (unpaired) electrons. The van der Waals surface area contributed by atoms with Crippen LogP contribution in [0, 0.1) is 11.8 Å². The van der Waals surface area contributed by atoms with Gasteiger partial charge in [-0.3, -0.25) is 0 Å². The van der Waals surface area contributed by atoms with E-state index in [1.54, 1.807) is 7.11 Å². The number of para-hydroxylation sites is 1. The number of aliphatic hydroxyl groups is 1. The fourth-order valence-corrected chi connectivity index (χ4v) is 3.90. The molecule has 2 fully saturated rings. The fraction of sp³-hybridized carbons (Fsp3) is 0.714. The maximum Gasteiger partial charge on any atom is 0.125 e. The van der Waals surface area contributed by atoms with Crippen LogP contribution in [0.1, 0.15) is 50.5 Å². The third-order valence-corrected chi connectivity index (χ3v) is 5.65. The lowest BCUT2D eigenvalue weighted by Crippen LogP contribution is -2.44. The van der Waals surface area contributed by atoms with E-state index in [4.69, 9.17) is 9.47 Å². The molecule has 2 aliphatic rings. The van der Waals surface area contributed by atoms with Crippen molar-refractivity contribution in [3.8, 4) is 5.75 Å². The number of unbranched alkanes of at least 4 members (excludes halogenated alkanes) is 1. The lowest BCUT2D eigenvalue weighted by molar-refractivity contribution is -0.0453. The van der Waals surface area contributed by atoms with Crippen molar-refractivity contribution in [2.45, 2.75) is 50.5 Å². The first-order valence-corrected chi connectivity index (χ1v) is 9.88. The Hall–Kier alpha value is -1.10. The van der Waals surface area contributed by atoms with Gasteiger partial charge in [0.05, 0.1) is 12.2 Å². The Kier molecular flexibility index (Phi) is 6.74. The summed E-state index contributed by atoms with van der Waals surface area (Å²) in [6.45, 7) is 3.45. The number of hydrogen-bond acceptors (Lipinski definition) is 4. The molecule has 4 nitrogen and oxygen atoms in total. The average Bonchev–Trinajstić information content (AvgIpc) is 3.49. The van der Waals surface area contributed by atoms with Crippen LogP contribution in [0.15, 0.2) is 24.3 Å². The normalized spacial score (nSPS) is 23.2. The molecule has 140 valence electrons. The number of rotatable bonds is 10.